The van der Waals surface area contributed by atoms with E-state index in [2.05, 4.69) is 15.5 Å². The van der Waals surface area contributed by atoms with Crippen LogP contribution in [0.1, 0.15) is 11.1 Å². The highest BCUT2D eigenvalue weighted by atomic mass is 19.1. The van der Waals surface area contributed by atoms with Crippen molar-refractivity contribution in [2.45, 2.75) is 5.41 Å². The first-order valence-corrected chi connectivity index (χ1v) is 8.41. The minimum Gasteiger partial charge on any atom is -0.420 e. The number of nitrogens with two attached hydrogens (primary N) is 1. The van der Waals surface area contributed by atoms with Gasteiger partial charge in [-0.3, -0.25) is 9.89 Å². The second kappa shape index (κ2) is 5.44. The molecular weight excluding hydrogens is 361 g/mol. The number of aromatic amines is 1. The van der Waals surface area contributed by atoms with Gasteiger partial charge in [0, 0.05) is 16.8 Å². The van der Waals surface area contributed by atoms with E-state index in [9.17, 15) is 14.4 Å². The number of hydrogen-bond acceptors (Lipinski definition) is 5. The molecule has 2 aliphatic heterocycles. The number of anilines is 1. The van der Waals surface area contributed by atoms with Gasteiger partial charge in [-0.1, -0.05) is 30.3 Å². The van der Waals surface area contributed by atoms with Crippen LogP contribution in [0.25, 0.3) is 11.3 Å². The van der Waals surface area contributed by atoms with E-state index < -0.39 is 17.1 Å². The minimum atomic E-state index is -1.66. The molecule has 3 aromatic rings. The van der Waals surface area contributed by atoms with Crippen LogP contribution >= 0.6 is 0 Å². The third kappa shape index (κ3) is 1.85. The van der Waals surface area contributed by atoms with E-state index in [1.54, 1.807) is 0 Å². The molecule has 0 fully saturated rings. The van der Waals surface area contributed by atoms with Gasteiger partial charge in [-0.05, 0) is 18.2 Å². The third-order valence-electron chi connectivity index (χ3n) is 5.08. The van der Waals surface area contributed by atoms with E-state index in [0.717, 1.165) is 5.56 Å². The zero-order chi connectivity index (χ0) is 19.5. The van der Waals surface area contributed by atoms with Crippen molar-refractivity contribution in [1.29, 1.82) is 5.26 Å². The second-order valence-corrected chi connectivity index (χ2v) is 6.49. The lowest BCUT2D eigenvalue weighted by atomic mass is 9.68. The molecule has 0 saturated carbocycles. The topological polar surface area (TPSA) is 117 Å². The second-order valence-electron chi connectivity index (χ2n) is 6.49. The summed E-state index contributed by atoms with van der Waals surface area (Å²) in [7, 11) is 0. The summed E-state index contributed by atoms with van der Waals surface area (Å²) in [5.41, 5.74) is 6.44. The number of halogens is 1. The Hall–Kier alpha value is -4.12. The Kier molecular flexibility index (Phi) is 3.12. The summed E-state index contributed by atoms with van der Waals surface area (Å²) in [5.74, 6) is -1.23. The number of H-pyrrole nitrogens is 1. The molecular formula is C20H12FN5O2. The van der Waals surface area contributed by atoms with Gasteiger partial charge >= 0.3 is 0 Å². The van der Waals surface area contributed by atoms with Crippen LogP contribution in [0.5, 0.6) is 5.88 Å². The molecule has 1 unspecified atom stereocenters. The molecule has 2 aliphatic rings. The maximum atomic E-state index is 14.2. The molecule has 3 heterocycles. The molecule has 5 rings (SSSR count). The molecule has 8 heteroatoms. The summed E-state index contributed by atoms with van der Waals surface area (Å²) in [5, 5.41) is 19.6. The van der Waals surface area contributed by atoms with Crippen LogP contribution in [0, 0.1) is 17.1 Å². The van der Waals surface area contributed by atoms with Crippen molar-refractivity contribution >= 4 is 11.6 Å². The number of nitriles is 1. The number of nitrogens with one attached hydrogen (secondary N) is 2. The van der Waals surface area contributed by atoms with Crippen LogP contribution in [0.3, 0.4) is 0 Å². The number of benzene rings is 2. The molecule has 0 radical (unpaired) electrons. The van der Waals surface area contributed by atoms with E-state index in [1.165, 1.54) is 18.2 Å². The SMILES string of the molecule is N#CC1=C(N)Oc2n[nH]c(-c3ccccc3)c2C12C(=O)Nc1ccc(F)cc12. The van der Waals surface area contributed by atoms with Crippen LogP contribution in [-0.2, 0) is 10.2 Å². The van der Waals surface area contributed by atoms with E-state index in [-0.39, 0.29) is 17.3 Å². The van der Waals surface area contributed by atoms with Crippen molar-refractivity contribution in [3.8, 4) is 23.2 Å². The van der Waals surface area contributed by atoms with Gasteiger partial charge in [-0.15, -0.1) is 5.10 Å². The number of nitrogens with zero attached hydrogens (tertiary/aromatic N) is 2. The predicted octanol–water partition coefficient (Wildman–Crippen LogP) is 2.54. The van der Waals surface area contributed by atoms with Gasteiger partial charge in [0.05, 0.1) is 11.3 Å². The molecule has 2 aromatic carbocycles. The van der Waals surface area contributed by atoms with Crippen LogP contribution in [0.4, 0.5) is 10.1 Å². The van der Waals surface area contributed by atoms with Crippen molar-refractivity contribution in [2.24, 2.45) is 5.73 Å². The van der Waals surface area contributed by atoms with Crippen LogP contribution in [0.15, 0.2) is 60.0 Å². The molecule has 0 saturated heterocycles. The van der Waals surface area contributed by atoms with Crippen LogP contribution in [0.2, 0.25) is 0 Å². The number of amides is 1. The molecule has 136 valence electrons. The van der Waals surface area contributed by atoms with E-state index in [4.69, 9.17) is 10.5 Å². The summed E-state index contributed by atoms with van der Waals surface area (Å²) in [6, 6.07) is 15.1. The zero-order valence-electron chi connectivity index (χ0n) is 14.3. The predicted molar refractivity (Wildman–Crippen MR) is 97.3 cm³/mol. The molecule has 1 atom stereocenters. The van der Waals surface area contributed by atoms with Gasteiger partial charge in [0.1, 0.15) is 22.9 Å². The zero-order valence-corrected chi connectivity index (χ0v) is 14.3. The maximum Gasteiger partial charge on any atom is 0.245 e. The Balaban J connectivity index is 1.92. The van der Waals surface area contributed by atoms with Gasteiger partial charge in [0.25, 0.3) is 0 Å². The van der Waals surface area contributed by atoms with Crippen molar-refractivity contribution < 1.29 is 13.9 Å². The fourth-order valence-corrected chi connectivity index (χ4v) is 3.94. The largest absolute Gasteiger partial charge is 0.420 e. The first-order chi connectivity index (χ1) is 13.6. The van der Waals surface area contributed by atoms with Crippen molar-refractivity contribution in [1.82, 2.24) is 10.2 Å². The molecule has 0 aliphatic carbocycles. The minimum absolute atomic E-state index is 0.0719. The molecule has 28 heavy (non-hydrogen) atoms. The lowest BCUT2D eigenvalue weighted by Gasteiger charge is -2.31. The third-order valence-corrected chi connectivity index (χ3v) is 5.08. The van der Waals surface area contributed by atoms with Gasteiger partial charge < -0.3 is 15.8 Å². The van der Waals surface area contributed by atoms with E-state index >= 15 is 0 Å². The van der Waals surface area contributed by atoms with E-state index in [1.807, 2.05) is 36.4 Å². The number of carbonyl (C=O) groups is 1. The van der Waals surface area contributed by atoms with Gasteiger partial charge in [0.2, 0.25) is 17.7 Å². The number of rotatable bonds is 1. The van der Waals surface area contributed by atoms with Crippen LogP contribution < -0.4 is 15.8 Å². The molecule has 4 N–H and O–H groups in total. The molecule has 1 spiro atoms. The summed E-state index contributed by atoms with van der Waals surface area (Å²) in [4.78, 5) is 13.3. The molecule has 1 aromatic heterocycles. The number of aromatic nitrogens is 2. The average Bonchev–Trinajstić information content (AvgIpc) is 3.23. The summed E-state index contributed by atoms with van der Waals surface area (Å²) in [6.07, 6.45) is 0. The van der Waals surface area contributed by atoms with Crippen LogP contribution in [-0.4, -0.2) is 16.1 Å². The maximum absolute atomic E-state index is 14.2. The number of ether oxygens (including phenoxy) is 1. The standard InChI is InChI=1S/C20H12FN5O2/c21-11-6-7-14-12(8-11)20(19(27)24-14)13(9-22)17(23)28-18-15(20)16(25-26-18)10-4-2-1-3-5-10/h1-8H,23H2,(H,24,27)(H,25,26). The number of fused-ring (bicyclic) bond motifs is 4. The first-order valence-electron chi connectivity index (χ1n) is 8.41. The Morgan fingerprint density at radius 3 is 2.75 bits per heavy atom. The Morgan fingerprint density at radius 1 is 1.21 bits per heavy atom. The quantitative estimate of drug-likeness (QED) is 0.606. The van der Waals surface area contributed by atoms with Gasteiger partial charge in [-0.2, -0.15) is 5.26 Å². The number of carbonyl (C=O) groups excluding carboxylic acids is 1. The summed E-state index contributed by atoms with van der Waals surface area (Å²) < 4.78 is 19.7. The Bertz CT molecular complexity index is 1230. The van der Waals surface area contributed by atoms with E-state index in [0.29, 0.717) is 22.5 Å². The lowest BCUT2D eigenvalue weighted by Crippen LogP contribution is -2.42. The fourth-order valence-electron chi connectivity index (χ4n) is 3.94. The lowest BCUT2D eigenvalue weighted by molar-refractivity contribution is -0.118. The van der Waals surface area contributed by atoms with Crippen molar-refractivity contribution in [3.63, 3.8) is 0 Å². The van der Waals surface area contributed by atoms with Crippen molar-refractivity contribution in [3.05, 3.63) is 76.9 Å². The smallest absolute Gasteiger partial charge is 0.245 e. The monoisotopic (exact) mass is 373 g/mol. The fraction of sp³-hybridized carbons (Fsp3) is 0.0500. The first kappa shape index (κ1) is 16.1. The molecule has 1 amide bonds. The normalized spacial score (nSPS) is 19.6. The summed E-state index contributed by atoms with van der Waals surface area (Å²) >= 11 is 0. The summed E-state index contributed by atoms with van der Waals surface area (Å²) in [6.45, 7) is 0. The van der Waals surface area contributed by atoms with Gasteiger partial charge in [0.15, 0.2) is 0 Å². The van der Waals surface area contributed by atoms with Crippen molar-refractivity contribution in [2.75, 3.05) is 5.32 Å². The Morgan fingerprint density at radius 2 is 2.00 bits per heavy atom. The van der Waals surface area contributed by atoms with Gasteiger partial charge in [-0.25, -0.2) is 4.39 Å². The molecule has 7 nitrogen and oxygen atoms in total. The highest BCUT2D eigenvalue weighted by molar-refractivity contribution is 6.13. The Labute approximate surface area is 158 Å². The molecule has 0 bridgehead atoms. The average molecular weight is 373 g/mol. The highest BCUT2D eigenvalue weighted by Gasteiger charge is 2.58. The number of hydrogen-bond donors (Lipinski definition) is 3. The highest BCUT2D eigenvalue weighted by Crippen LogP contribution is 2.55.